The highest BCUT2D eigenvalue weighted by atomic mass is 19.1. The number of aromatic nitrogens is 3. The van der Waals surface area contributed by atoms with Crippen LogP contribution in [-0.4, -0.2) is 38.7 Å². The summed E-state index contributed by atoms with van der Waals surface area (Å²) in [6.07, 6.45) is 2.72. The molecule has 2 aromatic carbocycles. The van der Waals surface area contributed by atoms with E-state index in [-0.39, 0.29) is 11.7 Å². The first-order chi connectivity index (χ1) is 14.2. The fraction of sp³-hybridized carbons (Fsp3) is 0.174. The number of hydrogen-bond donors (Lipinski definition) is 0. The summed E-state index contributed by atoms with van der Waals surface area (Å²) >= 11 is 0. The van der Waals surface area contributed by atoms with Gasteiger partial charge in [-0.1, -0.05) is 42.5 Å². The van der Waals surface area contributed by atoms with Gasteiger partial charge in [-0.3, -0.25) is 4.79 Å². The van der Waals surface area contributed by atoms with Crippen molar-refractivity contribution in [3.8, 4) is 11.3 Å². The molecule has 5 nitrogen and oxygen atoms in total. The van der Waals surface area contributed by atoms with E-state index in [1.807, 2.05) is 47.4 Å². The molecular formula is C23H19FN4O. The van der Waals surface area contributed by atoms with Gasteiger partial charge < -0.3 is 4.90 Å². The van der Waals surface area contributed by atoms with Crippen LogP contribution in [0.5, 0.6) is 0 Å². The Morgan fingerprint density at radius 3 is 2.59 bits per heavy atom. The Hall–Kier alpha value is -3.54. The number of amides is 1. The summed E-state index contributed by atoms with van der Waals surface area (Å²) in [6.45, 7) is 1.94. The lowest BCUT2D eigenvalue weighted by molar-refractivity contribution is 0.0654. The summed E-state index contributed by atoms with van der Waals surface area (Å²) in [4.78, 5) is 19.7. The van der Waals surface area contributed by atoms with Gasteiger partial charge in [-0.25, -0.2) is 14.1 Å². The lowest BCUT2D eigenvalue weighted by Gasteiger charge is -2.31. The highest BCUT2D eigenvalue weighted by Crippen LogP contribution is 2.27. The second-order valence-electron chi connectivity index (χ2n) is 7.24. The van der Waals surface area contributed by atoms with Gasteiger partial charge in [0.15, 0.2) is 5.65 Å². The number of rotatable bonds is 4. The third-order valence-corrected chi connectivity index (χ3v) is 5.27. The Morgan fingerprint density at radius 1 is 1.03 bits per heavy atom. The molecule has 1 aliphatic rings. The van der Waals surface area contributed by atoms with Crippen LogP contribution in [0.1, 0.15) is 22.3 Å². The summed E-state index contributed by atoms with van der Waals surface area (Å²) in [5, 5.41) is 5.18. The van der Waals surface area contributed by atoms with E-state index in [9.17, 15) is 9.18 Å². The zero-order valence-electron chi connectivity index (χ0n) is 15.8. The van der Waals surface area contributed by atoms with Crippen molar-refractivity contribution in [1.29, 1.82) is 0 Å². The van der Waals surface area contributed by atoms with E-state index in [4.69, 9.17) is 4.98 Å². The van der Waals surface area contributed by atoms with Crippen LogP contribution in [0.4, 0.5) is 4.39 Å². The molecule has 1 aliphatic heterocycles. The van der Waals surface area contributed by atoms with Crippen LogP contribution in [0.15, 0.2) is 66.9 Å². The second kappa shape index (κ2) is 7.13. The summed E-state index contributed by atoms with van der Waals surface area (Å²) in [5.74, 6) is -0.281. The van der Waals surface area contributed by atoms with E-state index < -0.39 is 0 Å². The average molecular weight is 386 g/mol. The number of halogens is 1. The molecule has 0 atom stereocenters. The number of pyridine rings is 1. The first-order valence-corrected chi connectivity index (χ1v) is 9.65. The molecule has 0 bridgehead atoms. The zero-order chi connectivity index (χ0) is 19.8. The third-order valence-electron chi connectivity index (χ3n) is 5.27. The zero-order valence-corrected chi connectivity index (χ0v) is 15.8. The molecule has 29 heavy (non-hydrogen) atoms. The van der Waals surface area contributed by atoms with Crippen molar-refractivity contribution in [2.45, 2.75) is 13.0 Å². The van der Waals surface area contributed by atoms with Crippen molar-refractivity contribution in [1.82, 2.24) is 19.7 Å². The van der Waals surface area contributed by atoms with Crippen LogP contribution in [-0.2, 0) is 6.54 Å². The van der Waals surface area contributed by atoms with E-state index in [1.54, 1.807) is 16.9 Å². The normalized spacial score (nSPS) is 13.5. The summed E-state index contributed by atoms with van der Waals surface area (Å²) < 4.78 is 15.3. The van der Waals surface area contributed by atoms with Crippen molar-refractivity contribution in [2.24, 2.45) is 0 Å². The summed E-state index contributed by atoms with van der Waals surface area (Å²) in [6, 6.07) is 18.1. The standard InChI is InChI=1S/C23H19FN4O/c24-18-9-4-6-16(12-18)15-28-22-20(14-25-28)19(23(29)27-10-5-11-27)13-21(26-22)17-7-2-1-3-8-17/h1-4,6-9,12-14H,5,10-11,15H2. The molecule has 4 aromatic rings. The van der Waals surface area contributed by atoms with Gasteiger partial charge in [0.2, 0.25) is 0 Å². The number of fused-ring (bicyclic) bond motifs is 1. The second-order valence-corrected chi connectivity index (χ2v) is 7.24. The predicted octanol–water partition coefficient (Wildman–Crippen LogP) is 4.13. The highest BCUT2D eigenvalue weighted by Gasteiger charge is 2.25. The fourth-order valence-electron chi connectivity index (χ4n) is 3.60. The van der Waals surface area contributed by atoms with Gasteiger partial charge in [0, 0.05) is 18.7 Å². The number of nitrogens with zero attached hydrogens (tertiary/aromatic N) is 4. The van der Waals surface area contributed by atoms with Crippen LogP contribution in [0.25, 0.3) is 22.3 Å². The maximum absolute atomic E-state index is 13.6. The smallest absolute Gasteiger partial charge is 0.254 e. The van der Waals surface area contributed by atoms with Gasteiger partial charge in [-0.05, 0) is 30.2 Å². The minimum absolute atomic E-state index is 0.00568. The molecule has 0 aliphatic carbocycles. The van der Waals surface area contributed by atoms with Gasteiger partial charge in [-0.2, -0.15) is 5.10 Å². The van der Waals surface area contributed by atoms with Crippen molar-refractivity contribution < 1.29 is 9.18 Å². The van der Waals surface area contributed by atoms with Crippen LogP contribution < -0.4 is 0 Å². The molecule has 0 saturated carbocycles. The quantitative estimate of drug-likeness (QED) is 0.530. The number of carbonyl (C=O) groups is 1. The topological polar surface area (TPSA) is 51.0 Å². The Kier molecular flexibility index (Phi) is 4.31. The van der Waals surface area contributed by atoms with E-state index in [0.717, 1.165) is 41.7 Å². The number of likely N-dealkylation sites (tertiary alicyclic amines) is 1. The lowest BCUT2D eigenvalue weighted by atomic mass is 10.0. The Bertz CT molecular complexity index is 1200. The van der Waals surface area contributed by atoms with Crippen LogP contribution in [0.2, 0.25) is 0 Å². The molecule has 0 N–H and O–H groups in total. The minimum Gasteiger partial charge on any atom is -0.338 e. The molecule has 144 valence electrons. The van der Waals surface area contributed by atoms with Crippen molar-refractivity contribution >= 4 is 16.9 Å². The van der Waals surface area contributed by atoms with E-state index in [0.29, 0.717) is 17.8 Å². The molecule has 0 spiro atoms. The Labute approximate surface area is 167 Å². The monoisotopic (exact) mass is 386 g/mol. The molecule has 1 saturated heterocycles. The summed E-state index contributed by atoms with van der Waals surface area (Å²) in [5.41, 5.74) is 3.68. The molecular weight excluding hydrogens is 367 g/mol. The molecule has 6 heteroatoms. The van der Waals surface area contributed by atoms with Crippen molar-refractivity contribution in [3.63, 3.8) is 0 Å². The molecule has 0 radical (unpaired) electrons. The number of hydrogen-bond acceptors (Lipinski definition) is 3. The Morgan fingerprint density at radius 2 is 1.86 bits per heavy atom. The molecule has 0 unspecified atom stereocenters. The van der Waals surface area contributed by atoms with E-state index >= 15 is 0 Å². The SMILES string of the molecule is O=C(c1cc(-c2ccccc2)nc2c1cnn2Cc1cccc(F)c1)N1CCC1. The van der Waals surface area contributed by atoms with Crippen LogP contribution >= 0.6 is 0 Å². The largest absolute Gasteiger partial charge is 0.338 e. The van der Waals surface area contributed by atoms with Crippen LogP contribution in [0.3, 0.4) is 0 Å². The lowest BCUT2D eigenvalue weighted by Crippen LogP contribution is -2.42. The molecule has 1 fully saturated rings. The predicted molar refractivity (Wildman–Crippen MR) is 109 cm³/mol. The van der Waals surface area contributed by atoms with Gasteiger partial charge in [0.25, 0.3) is 5.91 Å². The van der Waals surface area contributed by atoms with E-state index in [2.05, 4.69) is 5.10 Å². The fourth-order valence-corrected chi connectivity index (χ4v) is 3.60. The van der Waals surface area contributed by atoms with E-state index in [1.165, 1.54) is 12.1 Å². The third kappa shape index (κ3) is 3.27. The van der Waals surface area contributed by atoms with Crippen LogP contribution in [0, 0.1) is 5.82 Å². The highest BCUT2D eigenvalue weighted by molar-refractivity contribution is 6.06. The van der Waals surface area contributed by atoms with Crippen molar-refractivity contribution in [2.75, 3.05) is 13.1 Å². The maximum Gasteiger partial charge on any atom is 0.254 e. The van der Waals surface area contributed by atoms with Gasteiger partial charge in [0.1, 0.15) is 5.82 Å². The summed E-state index contributed by atoms with van der Waals surface area (Å²) in [7, 11) is 0. The average Bonchev–Trinajstić information content (AvgIpc) is 3.09. The first-order valence-electron chi connectivity index (χ1n) is 9.65. The molecule has 3 heterocycles. The molecule has 1 amide bonds. The first kappa shape index (κ1) is 17.6. The maximum atomic E-state index is 13.6. The van der Waals surface area contributed by atoms with Gasteiger partial charge >= 0.3 is 0 Å². The number of carbonyl (C=O) groups excluding carboxylic acids is 1. The minimum atomic E-state index is -0.287. The van der Waals surface area contributed by atoms with Gasteiger partial charge in [-0.15, -0.1) is 0 Å². The van der Waals surface area contributed by atoms with Gasteiger partial charge in [0.05, 0.1) is 29.4 Å². The molecule has 5 rings (SSSR count). The number of benzene rings is 2. The Balaban J connectivity index is 1.65. The van der Waals surface area contributed by atoms with Crippen molar-refractivity contribution in [3.05, 3.63) is 83.8 Å². The molecule has 2 aromatic heterocycles.